The number of aliphatic hydroxyl groups excluding tert-OH is 1. The van der Waals surface area contributed by atoms with Gasteiger partial charge >= 0.3 is 0 Å². The zero-order valence-electron chi connectivity index (χ0n) is 9.21. The SMILES string of the molecule is Cc1c(Cl)cccc1C#CC(O)C(C)C. The molecule has 0 fully saturated rings. The average Bonchev–Trinajstić information content (AvgIpc) is 2.19. The highest BCUT2D eigenvalue weighted by Crippen LogP contribution is 2.17. The van der Waals surface area contributed by atoms with Crippen LogP contribution in [0.2, 0.25) is 5.02 Å². The van der Waals surface area contributed by atoms with Gasteiger partial charge in [-0.05, 0) is 30.5 Å². The highest BCUT2D eigenvalue weighted by Gasteiger charge is 2.04. The van der Waals surface area contributed by atoms with Crippen LogP contribution in [0.25, 0.3) is 0 Å². The van der Waals surface area contributed by atoms with Gasteiger partial charge < -0.3 is 5.11 Å². The Morgan fingerprint density at radius 1 is 1.33 bits per heavy atom. The maximum atomic E-state index is 9.54. The Labute approximate surface area is 96.1 Å². The van der Waals surface area contributed by atoms with Crippen LogP contribution in [-0.4, -0.2) is 11.2 Å². The summed E-state index contributed by atoms with van der Waals surface area (Å²) < 4.78 is 0. The predicted octanol–water partition coefficient (Wildman–Crippen LogP) is 3.02. The summed E-state index contributed by atoms with van der Waals surface area (Å²) in [6.45, 7) is 5.79. The normalized spacial score (nSPS) is 12.1. The molecule has 0 heterocycles. The minimum Gasteiger partial charge on any atom is -0.380 e. The van der Waals surface area contributed by atoms with Crippen LogP contribution in [0, 0.1) is 24.7 Å². The van der Waals surface area contributed by atoms with Gasteiger partial charge in [0.1, 0.15) is 6.10 Å². The van der Waals surface area contributed by atoms with Crippen LogP contribution < -0.4 is 0 Å². The highest BCUT2D eigenvalue weighted by molar-refractivity contribution is 6.31. The second kappa shape index (κ2) is 5.21. The number of hydrogen-bond acceptors (Lipinski definition) is 1. The van der Waals surface area contributed by atoms with E-state index in [0.717, 1.165) is 11.1 Å². The van der Waals surface area contributed by atoms with Crippen molar-refractivity contribution in [3.63, 3.8) is 0 Å². The van der Waals surface area contributed by atoms with Crippen LogP contribution in [0.4, 0.5) is 0 Å². The topological polar surface area (TPSA) is 20.2 Å². The standard InChI is InChI=1S/C13H15ClO/c1-9(2)13(15)8-7-11-5-4-6-12(14)10(11)3/h4-6,9,13,15H,1-3H3. The van der Waals surface area contributed by atoms with Crippen molar-refractivity contribution < 1.29 is 5.11 Å². The predicted molar refractivity (Wildman–Crippen MR) is 63.9 cm³/mol. The molecule has 1 rings (SSSR count). The summed E-state index contributed by atoms with van der Waals surface area (Å²) in [6, 6.07) is 5.60. The lowest BCUT2D eigenvalue weighted by Gasteiger charge is -2.06. The lowest BCUT2D eigenvalue weighted by Crippen LogP contribution is -2.11. The zero-order valence-corrected chi connectivity index (χ0v) is 9.97. The molecule has 80 valence electrons. The molecule has 0 amide bonds. The Balaban J connectivity index is 2.94. The Bertz CT molecular complexity index is 399. The van der Waals surface area contributed by atoms with Gasteiger partial charge in [0.25, 0.3) is 0 Å². The van der Waals surface area contributed by atoms with E-state index in [1.54, 1.807) is 0 Å². The van der Waals surface area contributed by atoms with Crippen molar-refractivity contribution >= 4 is 11.6 Å². The summed E-state index contributed by atoms with van der Waals surface area (Å²) in [5.74, 6) is 5.91. The fourth-order valence-corrected chi connectivity index (χ4v) is 1.24. The van der Waals surface area contributed by atoms with Crippen LogP contribution in [0.15, 0.2) is 18.2 Å². The van der Waals surface area contributed by atoms with Gasteiger partial charge in [-0.3, -0.25) is 0 Å². The van der Waals surface area contributed by atoms with Gasteiger partial charge in [0.15, 0.2) is 0 Å². The van der Waals surface area contributed by atoms with E-state index >= 15 is 0 Å². The van der Waals surface area contributed by atoms with Crippen LogP contribution in [0.3, 0.4) is 0 Å². The fourth-order valence-electron chi connectivity index (χ4n) is 1.06. The first kappa shape index (κ1) is 12.1. The van der Waals surface area contributed by atoms with E-state index in [9.17, 15) is 5.11 Å². The van der Waals surface area contributed by atoms with Crippen LogP contribution in [-0.2, 0) is 0 Å². The molecular formula is C13H15ClO. The Morgan fingerprint density at radius 3 is 2.60 bits per heavy atom. The van der Waals surface area contributed by atoms with Crippen molar-refractivity contribution in [3.05, 3.63) is 34.3 Å². The molecule has 1 unspecified atom stereocenters. The van der Waals surface area contributed by atoms with Gasteiger partial charge in [-0.15, -0.1) is 0 Å². The number of aliphatic hydroxyl groups is 1. The number of rotatable bonds is 1. The van der Waals surface area contributed by atoms with E-state index in [1.807, 2.05) is 39.0 Å². The third-order valence-corrected chi connectivity index (χ3v) is 2.66. The van der Waals surface area contributed by atoms with E-state index in [0.29, 0.717) is 5.02 Å². The molecule has 0 saturated carbocycles. The van der Waals surface area contributed by atoms with Crippen LogP contribution in [0.1, 0.15) is 25.0 Å². The third-order valence-electron chi connectivity index (χ3n) is 2.25. The van der Waals surface area contributed by atoms with Gasteiger partial charge in [0, 0.05) is 10.6 Å². The summed E-state index contributed by atoms with van der Waals surface area (Å²) in [6.07, 6.45) is -0.580. The summed E-state index contributed by atoms with van der Waals surface area (Å²) in [5, 5.41) is 10.3. The monoisotopic (exact) mass is 222 g/mol. The Kier molecular flexibility index (Phi) is 4.20. The van der Waals surface area contributed by atoms with Gasteiger partial charge in [0.2, 0.25) is 0 Å². The molecule has 0 aliphatic heterocycles. The first-order valence-corrected chi connectivity index (χ1v) is 5.35. The third kappa shape index (κ3) is 3.27. The molecular weight excluding hydrogens is 208 g/mol. The number of hydrogen-bond donors (Lipinski definition) is 1. The summed E-state index contributed by atoms with van der Waals surface area (Å²) >= 11 is 5.96. The van der Waals surface area contributed by atoms with E-state index in [2.05, 4.69) is 11.8 Å². The van der Waals surface area contributed by atoms with E-state index in [4.69, 9.17) is 11.6 Å². The minimum atomic E-state index is -0.580. The molecule has 0 aliphatic rings. The van der Waals surface area contributed by atoms with Gasteiger partial charge in [-0.25, -0.2) is 0 Å². The molecule has 0 saturated heterocycles. The zero-order chi connectivity index (χ0) is 11.4. The molecule has 0 radical (unpaired) electrons. The van der Waals surface area contributed by atoms with E-state index in [-0.39, 0.29) is 5.92 Å². The first-order chi connectivity index (χ1) is 7.02. The van der Waals surface area contributed by atoms with Crippen molar-refractivity contribution in [2.45, 2.75) is 26.9 Å². The lowest BCUT2D eigenvalue weighted by atomic mass is 10.1. The quantitative estimate of drug-likeness (QED) is 0.725. The van der Waals surface area contributed by atoms with Crippen LogP contribution >= 0.6 is 11.6 Å². The minimum absolute atomic E-state index is 0.150. The molecule has 1 aromatic rings. The van der Waals surface area contributed by atoms with E-state index in [1.165, 1.54) is 0 Å². The number of halogens is 1. The summed E-state index contributed by atoms with van der Waals surface area (Å²) in [5.41, 5.74) is 1.84. The van der Waals surface area contributed by atoms with E-state index < -0.39 is 6.10 Å². The van der Waals surface area contributed by atoms with Gasteiger partial charge in [0.05, 0.1) is 0 Å². The fraction of sp³-hybridized carbons (Fsp3) is 0.385. The molecule has 2 heteroatoms. The lowest BCUT2D eigenvalue weighted by molar-refractivity contribution is 0.181. The average molecular weight is 223 g/mol. The molecule has 1 N–H and O–H groups in total. The number of benzene rings is 1. The summed E-state index contributed by atoms with van der Waals surface area (Å²) in [4.78, 5) is 0. The maximum absolute atomic E-state index is 9.54. The van der Waals surface area contributed by atoms with Crippen molar-refractivity contribution in [1.29, 1.82) is 0 Å². The van der Waals surface area contributed by atoms with Gasteiger partial charge in [-0.2, -0.15) is 0 Å². The molecule has 1 aromatic carbocycles. The molecule has 1 atom stereocenters. The Morgan fingerprint density at radius 2 is 2.00 bits per heavy atom. The Hall–Kier alpha value is -0.970. The first-order valence-electron chi connectivity index (χ1n) is 4.97. The van der Waals surface area contributed by atoms with Crippen molar-refractivity contribution in [2.24, 2.45) is 5.92 Å². The highest BCUT2D eigenvalue weighted by atomic mass is 35.5. The maximum Gasteiger partial charge on any atom is 0.117 e. The molecule has 0 aliphatic carbocycles. The van der Waals surface area contributed by atoms with Crippen LogP contribution in [0.5, 0.6) is 0 Å². The smallest absolute Gasteiger partial charge is 0.117 e. The molecule has 1 nitrogen and oxygen atoms in total. The second-order valence-corrected chi connectivity index (χ2v) is 4.28. The van der Waals surface area contributed by atoms with Crippen molar-refractivity contribution in [1.82, 2.24) is 0 Å². The second-order valence-electron chi connectivity index (χ2n) is 3.87. The van der Waals surface area contributed by atoms with Gasteiger partial charge in [-0.1, -0.05) is 43.4 Å². The summed E-state index contributed by atoms with van der Waals surface area (Å²) in [7, 11) is 0. The van der Waals surface area contributed by atoms with Crippen molar-refractivity contribution in [3.8, 4) is 11.8 Å². The molecule has 15 heavy (non-hydrogen) atoms. The largest absolute Gasteiger partial charge is 0.380 e. The molecule has 0 aromatic heterocycles. The molecule has 0 spiro atoms. The van der Waals surface area contributed by atoms with Crippen molar-refractivity contribution in [2.75, 3.05) is 0 Å². The molecule has 0 bridgehead atoms.